The van der Waals surface area contributed by atoms with Crippen molar-refractivity contribution in [2.45, 2.75) is 19.9 Å². The summed E-state index contributed by atoms with van der Waals surface area (Å²) in [5.74, 6) is 0.420. The van der Waals surface area contributed by atoms with Crippen molar-refractivity contribution in [3.05, 3.63) is 22.7 Å². The molecule has 1 N–H and O–H groups in total. The van der Waals surface area contributed by atoms with Gasteiger partial charge in [-0.05, 0) is 50.5 Å². The maximum Gasteiger partial charge on any atom is 0.303 e. The van der Waals surface area contributed by atoms with Crippen molar-refractivity contribution in [3.8, 4) is 17.1 Å². The monoisotopic (exact) mass is 354 g/mol. The van der Waals surface area contributed by atoms with Gasteiger partial charge in [0.15, 0.2) is 5.82 Å². The van der Waals surface area contributed by atoms with Gasteiger partial charge in [0.05, 0.1) is 11.6 Å². The number of nitrogens with zero attached hydrogens (tertiary/aromatic N) is 4. The van der Waals surface area contributed by atoms with Crippen molar-refractivity contribution < 1.29 is 14.6 Å². The molecule has 0 fully saturated rings. The number of aromatic nitrogens is 4. The average molecular weight is 355 g/mol. The Morgan fingerprint density at radius 1 is 1.52 bits per heavy atom. The van der Waals surface area contributed by atoms with Gasteiger partial charge in [-0.25, -0.2) is 4.68 Å². The van der Waals surface area contributed by atoms with Crippen LogP contribution in [0.3, 0.4) is 0 Å². The van der Waals surface area contributed by atoms with Gasteiger partial charge in [-0.2, -0.15) is 0 Å². The maximum atomic E-state index is 10.7. The quantitative estimate of drug-likeness (QED) is 0.855. The zero-order valence-corrected chi connectivity index (χ0v) is 13.2. The third-order valence-electron chi connectivity index (χ3n) is 2.95. The van der Waals surface area contributed by atoms with E-state index in [1.54, 1.807) is 11.8 Å². The molecule has 1 unspecified atom stereocenters. The maximum absolute atomic E-state index is 10.7. The predicted octanol–water partition coefficient (Wildman–Crippen LogP) is 2.22. The van der Waals surface area contributed by atoms with Crippen LogP contribution in [0, 0.1) is 5.92 Å². The van der Waals surface area contributed by atoms with E-state index in [4.69, 9.17) is 9.84 Å². The van der Waals surface area contributed by atoms with Crippen molar-refractivity contribution in [1.29, 1.82) is 0 Å². The Labute approximate surface area is 130 Å². The van der Waals surface area contributed by atoms with E-state index in [1.165, 1.54) is 0 Å². The Balaban J connectivity index is 2.23. The lowest BCUT2D eigenvalue weighted by Gasteiger charge is -2.10. The first kappa shape index (κ1) is 15.4. The fourth-order valence-corrected chi connectivity index (χ4v) is 2.54. The number of halogens is 1. The predicted molar refractivity (Wildman–Crippen MR) is 78.9 cm³/mol. The van der Waals surface area contributed by atoms with E-state index < -0.39 is 5.97 Å². The zero-order valence-electron chi connectivity index (χ0n) is 11.7. The van der Waals surface area contributed by atoms with Crippen LogP contribution >= 0.6 is 15.9 Å². The first-order valence-corrected chi connectivity index (χ1v) is 7.12. The van der Waals surface area contributed by atoms with Gasteiger partial charge < -0.3 is 9.84 Å². The lowest BCUT2D eigenvalue weighted by molar-refractivity contribution is -0.138. The topological polar surface area (TPSA) is 90.1 Å². The number of hydrogen-bond acceptors (Lipinski definition) is 5. The van der Waals surface area contributed by atoms with Gasteiger partial charge in [-0.1, -0.05) is 6.92 Å². The molecular weight excluding hydrogens is 340 g/mol. The van der Waals surface area contributed by atoms with Crippen LogP contribution in [-0.2, 0) is 11.3 Å². The number of carbonyl (C=O) groups is 1. The zero-order chi connectivity index (χ0) is 15.4. The Morgan fingerprint density at radius 3 is 2.90 bits per heavy atom. The van der Waals surface area contributed by atoms with Crippen molar-refractivity contribution in [2.75, 3.05) is 7.11 Å². The smallest absolute Gasteiger partial charge is 0.303 e. The van der Waals surface area contributed by atoms with Crippen LogP contribution in [0.5, 0.6) is 5.75 Å². The molecule has 0 bridgehead atoms. The number of carboxylic acids is 1. The summed E-state index contributed by atoms with van der Waals surface area (Å²) in [7, 11) is 1.59. The van der Waals surface area contributed by atoms with Gasteiger partial charge in [0, 0.05) is 18.5 Å². The molecule has 7 nitrogen and oxygen atoms in total. The van der Waals surface area contributed by atoms with Crippen LogP contribution in [0.1, 0.15) is 13.3 Å². The first-order valence-electron chi connectivity index (χ1n) is 6.33. The largest absolute Gasteiger partial charge is 0.496 e. The van der Waals surface area contributed by atoms with Crippen molar-refractivity contribution in [1.82, 2.24) is 20.2 Å². The fraction of sp³-hybridized carbons (Fsp3) is 0.385. The van der Waals surface area contributed by atoms with E-state index in [-0.39, 0.29) is 12.3 Å². The second-order valence-electron chi connectivity index (χ2n) is 4.74. The van der Waals surface area contributed by atoms with Gasteiger partial charge in [0.1, 0.15) is 5.75 Å². The van der Waals surface area contributed by atoms with Crippen LogP contribution in [0.25, 0.3) is 11.4 Å². The summed E-state index contributed by atoms with van der Waals surface area (Å²) in [6, 6.07) is 5.54. The number of hydrogen-bond donors (Lipinski definition) is 1. The van der Waals surface area contributed by atoms with E-state index in [9.17, 15) is 4.79 Å². The third kappa shape index (κ3) is 3.78. The summed E-state index contributed by atoms with van der Waals surface area (Å²) < 4.78 is 7.60. The minimum absolute atomic E-state index is 0.0635. The number of carboxylic acid groups (broad SMARTS) is 1. The van der Waals surface area contributed by atoms with Crippen molar-refractivity contribution in [3.63, 3.8) is 0 Å². The highest BCUT2D eigenvalue weighted by molar-refractivity contribution is 9.10. The molecule has 0 aliphatic carbocycles. The molecule has 0 amide bonds. The molecule has 0 spiro atoms. The highest BCUT2D eigenvalue weighted by Gasteiger charge is 2.15. The molecule has 1 aromatic carbocycles. The van der Waals surface area contributed by atoms with E-state index in [0.717, 1.165) is 15.8 Å². The first-order chi connectivity index (χ1) is 10.0. The van der Waals surface area contributed by atoms with Gasteiger partial charge in [0.2, 0.25) is 0 Å². The normalized spacial score (nSPS) is 12.1. The van der Waals surface area contributed by atoms with Crippen LogP contribution in [0.15, 0.2) is 22.7 Å². The molecule has 2 rings (SSSR count). The van der Waals surface area contributed by atoms with E-state index in [0.29, 0.717) is 12.4 Å². The Kier molecular flexibility index (Phi) is 4.89. The second-order valence-corrected chi connectivity index (χ2v) is 5.59. The van der Waals surface area contributed by atoms with E-state index in [2.05, 4.69) is 31.5 Å². The molecule has 1 heterocycles. The van der Waals surface area contributed by atoms with E-state index in [1.807, 2.05) is 25.1 Å². The van der Waals surface area contributed by atoms with Gasteiger partial charge >= 0.3 is 5.97 Å². The summed E-state index contributed by atoms with van der Waals surface area (Å²) in [4.78, 5) is 10.7. The molecule has 0 saturated heterocycles. The Morgan fingerprint density at radius 2 is 2.29 bits per heavy atom. The molecule has 0 saturated carbocycles. The molecule has 0 aliphatic heterocycles. The summed E-state index contributed by atoms with van der Waals surface area (Å²) in [5, 5.41) is 20.4. The van der Waals surface area contributed by atoms with Crippen LogP contribution < -0.4 is 4.74 Å². The van der Waals surface area contributed by atoms with Crippen molar-refractivity contribution in [2.24, 2.45) is 5.92 Å². The van der Waals surface area contributed by atoms with Crippen LogP contribution in [0.2, 0.25) is 0 Å². The second kappa shape index (κ2) is 6.66. The minimum Gasteiger partial charge on any atom is -0.496 e. The Hall–Kier alpha value is -1.96. The Bertz CT molecular complexity index is 644. The lowest BCUT2D eigenvalue weighted by atomic mass is 10.1. The summed E-state index contributed by atoms with van der Waals surface area (Å²) in [6.07, 6.45) is 0.0750. The third-order valence-corrected chi connectivity index (χ3v) is 3.57. The molecule has 0 radical (unpaired) electrons. The summed E-state index contributed by atoms with van der Waals surface area (Å²) in [5.41, 5.74) is 0.829. The molecular formula is C13H15BrN4O3. The fourth-order valence-electron chi connectivity index (χ4n) is 2.00. The standard InChI is InChI=1S/C13H15BrN4O3/c1-8(5-12(19)20)7-18-13(15-16-17-18)9-3-4-11(21-2)10(14)6-9/h3-4,6,8H,5,7H2,1-2H3,(H,19,20). The average Bonchev–Trinajstić information content (AvgIpc) is 2.85. The molecule has 1 atom stereocenters. The highest BCUT2D eigenvalue weighted by atomic mass is 79.9. The summed E-state index contributed by atoms with van der Waals surface area (Å²) >= 11 is 3.42. The molecule has 112 valence electrons. The molecule has 21 heavy (non-hydrogen) atoms. The number of benzene rings is 1. The lowest BCUT2D eigenvalue weighted by Crippen LogP contribution is -2.14. The van der Waals surface area contributed by atoms with Gasteiger partial charge in [-0.15, -0.1) is 5.10 Å². The van der Waals surface area contributed by atoms with Crippen LogP contribution in [0.4, 0.5) is 0 Å². The SMILES string of the molecule is COc1ccc(-c2nnnn2CC(C)CC(=O)O)cc1Br. The number of tetrazole rings is 1. The van der Waals surface area contributed by atoms with E-state index >= 15 is 0 Å². The molecule has 2 aromatic rings. The molecule has 0 aliphatic rings. The van der Waals surface area contributed by atoms with Gasteiger partial charge in [0.25, 0.3) is 0 Å². The highest BCUT2D eigenvalue weighted by Crippen LogP contribution is 2.29. The number of methoxy groups -OCH3 is 1. The number of rotatable bonds is 6. The number of ether oxygens (including phenoxy) is 1. The molecule has 1 aromatic heterocycles. The number of aliphatic carboxylic acids is 1. The van der Waals surface area contributed by atoms with Crippen molar-refractivity contribution >= 4 is 21.9 Å². The molecule has 8 heteroatoms. The van der Waals surface area contributed by atoms with Gasteiger partial charge in [-0.3, -0.25) is 4.79 Å². The minimum atomic E-state index is -0.829. The summed E-state index contributed by atoms with van der Waals surface area (Å²) in [6.45, 7) is 2.29. The van der Waals surface area contributed by atoms with Crippen LogP contribution in [-0.4, -0.2) is 38.4 Å².